The molecule has 0 saturated carbocycles. The zero-order valence-electron chi connectivity index (χ0n) is 7.73. The maximum Gasteiger partial charge on any atom is 0.307 e. The molecule has 1 N–H and O–H groups in total. The lowest BCUT2D eigenvalue weighted by atomic mass is 9.99. The van der Waals surface area contributed by atoms with Crippen molar-refractivity contribution in [2.24, 2.45) is 4.99 Å². The van der Waals surface area contributed by atoms with Crippen molar-refractivity contribution in [2.75, 3.05) is 0 Å². The predicted molar refractivity (Wildman–Crippen MR) is 53.7 cm³/mol. The van der Waals surface area contributed by atoms with Crippen molar-refractivity contribution in [1.29, 1.82) is 0 Å². The summed E-state index contributed by atoms with van der Waals surface area (Å²) in [5.41, 5.74) is 3.28. The van der Waals surface area contributed by atoms with Crippen LogP contribution in [0.5, 0.6) is 0 Å². The van der Waals surface area contributed by atoms with E-state index >= 15 is 0 Å². The quantitative estimate of drug-likeness (QED) is 0.765. The number of hydrogen-bond donors (Lipinski definition) is 1. The third-order valence-corrected chi connectivity index (χ3v) is 2.33. The van der Waals surface area contributed by atoms with Crippen LogP contribution >= 0.6 is 0 Å². The van der Waals surface area contributed by atoms with Crippen LogP contribution in [0.3, 0.4) is 0 Å². The molecule has 0 unspecified atom stereocenters. The predicted octanol–water partition coefficient (Wildman–Crippen LogP) is 1.44. The fraction of sp³-hybridized carbons (Fsp3) is 0.273. The summed E-state index contributed by atoms with van der Waals surface area (Å²) in [5, 5.41) is 8.64. The summed E-state index contributed by atoms with van der Waals surface area (Å²) >= 11 is 0. The van der Waals surface area contributed by atoms with Crippen LogP contribution in [-0.2, 0) is 24.2 Å². The molecule has 0 atom stereocenters. The van der Waals surface area contributed by atoms with E-state index in [2.05, 4.69) is 4.99 Å². The maximum atomic E-state index is 10.5. The zero-order chi connectivity index (χ0) is 9.97. The van der Waals surface area contributed by atoms with Crippen LogP contribution in [0.1, 0.15) is 16.7 Å². The molecular weight excluding hydrogens is 178 g/mol. The van der Waals surface area contributed by atoms with E-state index in [1.807, 2.05) is 24.4 Å². The van der Waals surface area contributed by atoms with Gasteiger partial charge in [0, 0.05) is 12.6 Å². The Labute approximate surface area is 82.1 Å². The molecule has 0 bridgehead atoms. The zero-order valence-corrected chi connectivity index (χ0v) is 7.73. The van der Waals surface area contributed by atoms with Gasteiger partial charge < -0.3 is 5.11 Å². The molecule has 1 aromatic rings. The van der Waals surface area contributed by atoms with E-state index in [0.717, 1.165) is 18.5 Å². The second-order valence-corrected chi connectivity index (χ2v) is 3.40. The van der Waals surface area contributed by atoms with Crippen LogP contribution in [0.25, 0.3) is 0 Å². The number of nitrogens with zero attached hydrogens (tertiary/aromatic N) is 1. The third-order valence-electron chi connectivity index (χ3n) is 2.33. The fourth-order valence-corrected chi connectivity index (χ4v) is 1.63. The first-order valence-electron chi connectivity index (χ1n) is 4.56. The van der Waals surface area contributed by atoms with Crippen LogP contribution in [0, 0.1) is 0 Å². The first-order valence-corrected chi connectivity index (χ1v) is 4.56. The second kappa shape index (κ2) is 3.62. The molecule has 72 valence electrons. The normalized spacial score (nSPS) is 13.7. The lowest BCUT2D eigenvalue weighted by molar-refractivity contribution is -0.136. The number of rotatable bonds is 2. The highest BCUT2D eigenvalue weighted by Crippen LogP contribution is 2.16. The molecule has 1 aliphatic heterocycles. The van der Waals surface area contributed by atoms with E-state index in [9.17, 15) is 4.79 Å². The van der Waals surface area contributed by atoms with Crippen LogP contribution in [0.15, 0.2) is 23.2 Å². The highest BCUT2D eigenvalue weighted by molar-refractivity contribution is 5.71. The Morgan fingerprint density at radius 2 is 2.29 bits per heavy atom. The highest BCUT2D eigenvalue weighted by atomic mass is 16.4. The molecule has 0 aliphatic carbocycles. The number of carboxylic acid groups (broad SMARTS) is 1. The minimum Gasteiger partial charge on any atom is -0.481 e. The van der Waals surface area contributed by atoms with Gasteiger partial charge in [0.1, 0.15) is 0 Å². The average Bonchev–Trinajstić information content (AvgIpc) is 2.17. The largest absolute Gasteiger partial charge is 0.481 e. The smallest absolute Gasteiger partial charge is 0.307 e. The van der Waals surface area contributed by atoms with Gasteiger partial charge in [-0.2, -0.15) is 0 Å². The summed E-state index contributed by atoms with van der Waals surface area (Å²) in [7, 11) is 0. The van der Waals surface area contributed by atoms with Gasteiger partial charge in [-0.3, -0.25) is 9.79 Å². The third kappa shape index (κ3) is 1.82. The molecular formula is C11H11NO2. The minimum atomic E-state index is -0.783. The molecule has 0 saturated heterocycles. The Morgan fingerprint density at radius 1 is 1.43 bits per heavy atom. The summed E-state index contributed by atoms with van der Waals surface area (Å²) in [5.74, 6) is -0.783. The number of fused-ring (bicyclic) bond motifs is 1. The summed E-state index contributed by atoms with van der Waals surface area (Å²) in [6.45, 7) is 0.725. The Morgan fingerprint density at radius 3 is 3.07 bits per heavy atom. The van der Waals surface area contributed by atoms with E-state index in [0.29, 0.717) is 0 Å². The fourth-order valence-electron chi connectivity index (χ4n) is 1.63. The maximum absolute atomic E-state index is 10.5. The Hall–Kier alpha value is -1.64. The van der Waals surface area contributed by atoms with E-state index in [-0.39, 0.29) is 6.42 Å². The van der Waals surface area contributed by atoms with Crippen molar-refractivity contribution in [2.45, 2.75) is 19.4 Å². The number of carbonyl (C=O) groups is 1. The van der Waals surface area contributed by atoms with Gasteiger partial charge in [-0.05, 0) is 16.7 Å². The molecule has 1 heterocycles. The van der Waals surface area contributed by atoms with Crippen LogP contribution in [0.4, 0.5) is 0 Å². The molecule has 1 aliphatic rings. The molecule has 0 aromatic heterocycles. The van der Waals surface area contributed by atoms with Gasteiger partial charge in [-0.15, -0.1) is 0 Å². The molecule has 2 rings (SSSR count). The van der Waals surface area contributed by atoms with Crippen molar-refractivity contribution in [3.63, 3.8) is 0 Å². The molecule has 3 nitrogen and oxygen atoms in total. The van der Waals surface area contributed by atoms with Crippen molar-refractivity contribution >= 4 is 12.2 Å². The number of aliphatic imine (C=N–C) groups is 1. The van der Waals surface area contributed by atoms with Crippen molar-refractivity contribution in [3.8, 4) is 0 Å². The van der Waals surface area contributed by atoms with E-state index in [1.54, 1.807) is 0 Å². The minimum absolute atomic E-state index is 0.102. The summed E-state index contributed by atoms with van der Waals surface area (Å²) < 4.78 is 0. The molecule has 14 heavy (non-hydrogen) atoms. The van der Waals surface area contributed by atoms with Gasteiger partial charge in [-0.25, -0.2) is 0 Å². The average molecular weight is 189 g/mol. The summed E-state index contributed by atoms with van der Waals surface area (Å²) in [6, 6.07) is 5.81. The van der Waals surface area contributed by atoms with Gasteiger partial charge in [0.2, 0.25) is 0 Å². The van der Waals surface area contributed by atoms with Gasteiger partial charge in [0.05, 0.1) is 13.0 Å². The lowest BCUT2D eigenvalue weighted by Gasteiger charge is -2.11. The monoisotopic (exact) mass is 189 g/mol. The van der Waals surface area contributed by atoms with Gasteiger partial charge in [0.25, 0.3) is 0 Å². The standard InChI is InChI=1S/C11H11NO2/c13-11(14)6-8-1-2-10-7-12-4-3-9(10)5-8/h1-2,4-5H,3,6-7H2,(H,13,14). The number of hydrogen-bond acceptors (Lipinski definition) is 2. The molecule has 0 amide bonds. The second-order valence-electron chi connectivity index (χ2n) is 3.40. The van der Waals surface area contributed by atoms with Gasteiger partial charge in [-0.1, -0.05) is 18.2 Å². The van der Waals surface area contributed by atoms with E-state index in [4.69, 9.17) is 5.11 Å². The Bertz CT molecular complexity index is 396. The SMILES string of the molecule is O=C(O)Cc1ccc2c(c1)CC=NC2. The van der Waals surface area contributed by atoms with Crippen LogP contribution in [0.2, 0.25) is 0 Å². The van der Waals surface area contributed by atoms with E-state index < -0.39 is 5.97 Å². The molecule has 1 aromatic carbocycles. The number of carboxylic acids is 1. The van der Waals surface area contributed by atoms with E-state index in [1.165, 1.54) is 11.1 Å². The summed E-state index contributed by atoms with van der Waals surface area (Å²) in [4.78, 5) is 14.7. The van der Waals surface area contributed by atoms with Crippen molar-refractivity contribution < 1.29 is 9.90 Å². The Kier molecular flexibility index (Phi) is 2.31. The first kappa shape index (κ1) is 8.94. The molecule has 3 heteroatoms. The van der Waals surface area contributed by atoms with Gasteiger partial charge in [0.15, 0.2) is 0 Å². The van der Waals surface area contributed by atoms with Gasteiger partial charge >= 0.3 is 5.97 Å². The molecule has 0 radical (unpaired) electrons. The highest BCUT2D eigenvalue weighted by Gasteiger charge is 2.07. The molecule has 0 spiro atoms. The first-order chi connectivity index (χ1) is 6.75. The van der Waals surface area contributed by atoms with Crippen LogP contribution < -0.4 is 0 Å². The van der Waals surface area contributed by atoms with Crippen molar-refractivity contribution in [1.82, 2.24) is 0 Å². The van der Waals surface area contributed by atoms with Crippen molar-refractivity contribution in [3.05, 3.63) is 34.9 Å². The Balaban J connectivity index is 2.27. The molecule has 0 fully saturated rings. The van der Waals surface area contributed by atoms with Crippen LogP contribution in [-0.4, -0.2) is 17.3 Å². The number of benzene rings is 1. The summed E-state index contributed by atoms with van der Waals surface area (Å²) in [6.07, 6.45) is 2.81. The lowest BCUT2D eigenvalue weighted by Crippen LogP contribution is -2.05. The topological polar surface area (TPSA) is 49.7 Å². The number of aliphatic carboxylic acids is 1.